The van der Waals surface area contributed by atoms with Crippen LogP contribution in [-0.4, -0.2) is 50.5 Å². The molecule has 10 nitrogen and oxygen atoms in total. The largest absolute Gasteiger partial charge is 0.496 e. The van der Waals surface area contributed by atoms with Gasteiger partial charge in [0, 0.05) is 30.6 Å². The Hall–Kier alpha value is -4.78. The van der Waals surface area contributed by atoms with Gasteiger partial charge >= 0.3 is 12.2 Å². The van der Waals surface area contributed by atoms with Crippen LogP contribution < -0.4 is 29.6 Å². The summed E-state index contributed by atoms with van der Waals surface area (Å²) in [7, 11) is 4.21. The Morgan fingerprint density at radius 2 is 1.59 bits per heavy atom. The highest BCUT2D eigenvalue weighted by molar-refractivity contribution is 6.00. The van der Waals surface area contributed by atoms with Crippen LogP contribution in [0.1, 0.15) is 13.0 Å². The number of carbonyl (C=O) groups excluding carboxylic acids is 1. The topological polar surface area (TPSA) is 113 Å². The summed E-state index contributed by atoms with van der Waals surface area (Å²) >= 11 is 0. The molecule has 2 N–H and O–H groups in total. The van der Waals surface area contributed by atoms with E-state index in [4.69, 9.17) is 23.7 Å². The quantitative estimate of drug-likeness (QED) is 0.200. The number of carbonyl (C=O) groups is 1. The first-order valence-electron chi connectivity index (χ1n) is 11.8. The standard InChI is InChI=1S/C27H25F3N4O6.CH4/c1-36-9-10-39-24-14-21-19(13-23(24)38-3)25(32-15-31-21)40-18-6-4-5-16(11-18)33-26(35)34-17-7-8-22(37-2)20(12-17)27(28,29)30;/h4-8,11-15H,9-10H2,1-3H3,(H2,33,34,35);1H4. The second-order valence-corrected chi connectivity index (χ2v) is 8.16. The van der Waals surface area contributed by atoms with E-state index in [0.717, 1.165) is 19.2 Å². The number of benzene rings is 3. The van der Waals surface area contributed by atoms with Gasteiger partial charge in [0.1, 0.15) is 24.4 Å². The van der Waals surface area contributed by atoms with Crippen LogP contribution in [0.5, 0.6) is 28.9 Å². The molecule has 4 rings (SSSR count). The number of nitrogens with zero attached hydrogens (tertiary/aromatic N) is 2. The van der Waals surface area contributed by atoms with Gasteiger partial charge in [0.15, 0.2) is 11.5 Å². The average Bonchev–Trinajstić information content (AvgIpc) is 2.92. The monoisotopic (exact) mass is 574 g/mol. The van der Waals surface area contributed by atoms with E-state index in [1.54, 1.807) is 37.4 Å². The van der Waals surface area contributed by atoms with Gasteiger partial charge in [-0.15, -0.1) is 0 Å². The number of alkyl halides is 3. The maximum Gasteiger partial charge on any atom is 0.420 e. The molecule has 1 aromatic heterocycles. The molecule has 4 aromatic rings. The van der Waals surface area contributed by atoms with Gasteiger partial charge in [0.25, 0.3) is 0 Å². The summed E-state index contributed by atoms with van der Waals surface area (Å²) < 4.78 is 66.8. The first-order valence-corrected chi connectivity index (χ1v) is 11.8. The van der Waals surface area contributed by atoms with Crippen LogP contribution in [-0.2, 0) is 10.9 Å². The van der Waals surface area contributed by atoms with Crippen molar-refractivity contribution >= 4 is 28.3 Å². The lowest BCUT2D eigenvalue weighted by atomic mass is 10.1. The Morgan fingerprint density at radius 3 is 2.27 bits per heavy atom. The molecule has 218 valence electrons. The highest BCUT2D eigenvalue weighted by Gasteiger charge is 2.34. The van der Waals surface area contributed by atoms with Gasteiger partial charge in [-0.25, -0.2) is 14.8 Å². The minimum absolute atomic E-state index is 0. The van der Waals surface area contributed by atoms with Gasteiger partial charge < -0.3 is 34.3 Å². The molecule has 0 saturated heterocycles. The third kappa shape index (κ3) is 7.66. The number of fused-ring (bicyclic) bond motifs is 1. The first-order chi connectivity index (χ1) is 19.2. The van der Waals surface area contributed by atoms with Crippen LogP contribution in [0.2, 0.25) is 0 Å². The van der Waals surface area contributed by atoms with E-state index < -0.39 is 17.8 Å². The number of halogens is 3. The number of amides is 2. The fourth-order valence-corrected chi connectivity index (χ4v) is 3.68. The number of urea groups is 1. The lowest BCUT2D eigenvalue weighted by Gasteiger charge is -2.15. The van der Waals surface area contributed by atoms with Gasteiger partial charge in [-0.3, -0.25) is 0 Å². The van der Waals surface area contributed by atoms with Crippen molar-refractivity contribution in [3.05, 3.63) is 66.5 Å². The number of hydrogen-bond donors (Lipinski definition) is 2. The van der Waals surface area contributed by atoms with Gasteiger partial charge in [0.05, 0.1) is 37.3 Å². The summed E-state index contributed by atoms with van der Waals surface area (Å²) in [5.41, 5.74) is -0.204. The molecule has 41 heavy (non-hydrogen) atoms. The predicted octanol–water partition coefficient (Wildman–Crippen LogP) is 6.76. The molecule has 0 radical (unpaired) electrons. The predicted molar refractivity (Wildman–Crippen MR) is 147 cm³/mol. The van der Waals surface area contributed by atoms with Crippen LogP contribution in [0.25, 0.3) is 10.9 Å². The fourth-order valence-electron chi connectivity index (χ4n) is 3.68. The van der Waals surface area contributed by atoms with Crippen molar-refractivity contribution in [3.63, 3.8) is 0 Å². The number of rotatable bonds is 10. The summed E-state index contributed by atoms with van der Waals surface area (Å²) in [4.78, 5) is 21.0. The Kier molecular flexibility index (Phi) is 10.1. The van der Waals surface area contributed by atoms with E-state index in [0.29, 0.717) is 47.1 Å². The normalized spacial score (nSPS) is 10.9. The molecule has 0 fully saturated rings. The number of aromatic nitrogens is 2. The lowest BCUT2D eigenvalue weighted by molar-refractivity contribution is -0.138. The Bertz CT molecular complexity index is 1500. The molecule has 0 aliphatic carbocycles. The molecular formula is C28H29F3N4O6. The van der Waals surface area contributed by atoms with E-state index in [1.165, 1.54) is 25.6 Å². The number of methoxy groups -OCH3 is 3. The SMILES string of the molecule is C.COCCOc1cc2ncnc(Oc3cccc(NC(=O)Nc4ccc(OC)c(C(F)(F)F)c4)c3)c2cc1OC. The van der Waals surface area contributed by atoms with Crippen LogP contribution in [0.15, 0.2) is 60.9 Å². The smallest absolute Gasteiger partial charge is 0.420 e. The molecule has 2 amide bonds. The van der Waals surface area contributed by atoms with Crippen molar-refractivity contribution in [2.45, 2.75) is 13.6 Å². The Labute approximate surface area is 234 Å². The molecule has 0 bridgehead atoms. The van der Waals surface area contributed by atoms with Crippen LogP contribution in [0, 0.1) is 0 Å². The van der Waals surface area contributed by atoms with Crippen molar-refractivity contribution in [3.8, 4) is 28.9 Å². The van der Waals surface area contributed by atoms with Crippen molar-refractivity contribution < 1.29 is 41.7 Å². The van der Waals surface area contributed by atoms with Gasteiger partial charge in [-0.1, -0.05) is 13.5 Å². The summed E-state index contributed by atoms with van der Waals surface area (Å²) in [6.07, 6.45) is -3.32. The van der Waals surface area contributed by atoms with Gasteiger partial charge in [0.2, 0.25) is 5.88 Å². The number of hydrogen-bond acceptors (Lipinski definition) is 8. The average molecular weight is 575 g/mol. The second-order valence-electron chi connectivity index (χ2n) is 8.16. The third-order valence-electron chi connectivity index (χ3n) is 5.50. The molecule has 1 heterocycles. The first kappa shape index (κ1) is 30.8. The molecule has 0 atom stereocenters. The molecule has 0 spiro atoms. The number of anilines is 2. The number of nitrogens with one attached hydrogen (secondary N) is 2. The van der Waals surface area contributed by atoms with Crippen LogP contribution in [0.3, 0.4) is 0 Å². The highest BCUT2D eigenvalue weighted by atomic mass is 19.4. The highest BCUT2D eigenvalue weighted by Crippen LogP contribution is 2.38. The van der Waals surface area contributed by atoms with Crippen LogP contribution in [0.4, 0.5) is 29.3 Å². The zero-order valence-corrected chi connectivity index (χ0v) is 21.7. The third-order valence-corrected chi connectivity index (χ3v) is 5.50. The molecule has 0 saturated carbocycles. The van der Waals surface area contributed by atoms with Gasteiger partial charge in [-0.2, -0.15) is 13.2 Å². The zero-order valence-electron chi connectivity index (χ0n) is 21.7. The Balaban J connectivity index is 0.00000462. The van der Waals surface area contributed by atoms with E-state index in [9.17, 15) is 18.0 Å². The maximum atomic E-state index is 13.3. The van der Waals surface area contributed by atoms with E-state index >= 15 is 0 Å². The molecule has 0 aliphatic heterocycles. The van der Waals surface area contributed by atoms with Crippen molar-refractivity contribution in [1.82, 2.24) is 9.97 Å². The minimum atomic E-state index is -4.65. The molecule has 0 unspecified atom stereocenters. The summed E-state index contributed by atoms with van der Waals surface area (Å²) in [5.74, 6) is 1.14. The van der Waals surface area contributed by atoms with Crippen molar-refractivity contribution in [2.75, 3.05) is 45.2 Å². The maximum absolute atomic E-state index is 13.3. The van der Waals surface area contributed by atoms with Crippen molar-refractivity contribution in [2.24, 2.45) is 0 Å². The van der Waals surface area contributed by atoms with E-state index in [-0.39, 0.29) is 24.7 Å². The lowest BCUT2D eigenvalue weighted by Crippen LogP contribution is -2.20. The van der Waals surface area contributed by atoms with E-state index in [1.807, 2.05) is 0 Å². The van der Waals surface area contributed by atoms with Crippen molar-refractivity contribution in [1.29, 1.82) is 0 Å². The minimum Gasteiger partial charge on any atom is -0.496 e. The molecular weight excluding hydrogens is 545 g/mol. The molecule has 0 aliphatic rings. The summed E-state index contributed by atoms with van der Waals surface area (Å²) in [6.45, 7) is 0.721. The fraction of sp³-hybridized carbons (Fsp3) is 0.250. The molecule has 3 aromatic carbocycles. The molecule has 13 heteroatoms. The summed E-state index contributed by atoms with van der Waals surface area (Å²) in [6, 6.07) is 12.2. The summed E-state index contributed by atoms with van der Waals surface area (Å²) in [5, 5.41) is 5.50. The number of ether oxygens (including phenoxy) is 5. The van der Waals surface area contributed by atoms with E-state index in [2.05, 4.69) is 20.6 Å². The Morgan fingerprint density at radius 1 is 0.854 bits per heavy atom. The van der Waals surface area contributed by atoms with Crippen LogP contribution >= 0.6 is 0 Å². The second kappa shape index (κ2) is 13.5. The zero-order chi connectivity index (χ0) is 28.7. The van der Waals surface area contributed by atoms with Gasteiger partial charge in [-0.05, 0) is 36.4 Å².